The molecule has 1 saturated carbocycles. The smallest absolute Gasteiger partial charge is 0.293 e. The zero-order valence-corrected chi connectivity index (χ0v) is 31.0. The van der Waals surface area contributed by atoms with E-state index >= 15 is 8.78 Å². The highest BCUT2D eigenvalue weighted by atomic mass is 35.5. The number of fused-ring (bicyclic) bond motifs is 5. The first-order valence-corrected chi connectivity index (χ1v) is 19.1. The number of nitrogens with two attached hydrogens (primary N) is 1. The molecule has 2 N–H and O–H groups in total. The summed E-state index contributed by atoms with van der Waals surface area (Å²) in [7, 11) is 0.732. The van der Waals surface area contributed by atoms with Crippen LogP contribution >= 0.6 is 11.6 Å². The van der Waals surface area contributed by atoms with Gasteiger partial charge in [0, 0.05) is 61.9 Å². The van der Waals surface area contributed by atoms with Crippen LogP contribution in [0.3, 0.4) is 0 Å². The predicted octanol–water partition coefficient (Wildman–Crippen LogP) is 6.85. The van der Waals surface area contributed by atoms with Crippen molar-refractivity contribution in [2.75, 3.05) is 17.6 Å². The highest BCUT2D eigenvalue weighted by molar-refractivity contribution is 7.92. The van der Waals surface area contributed by atoms with Crippen LogP contribution in [0.5, 0.6) is 0 Å². The monoisotopic (exact) mass is 804 g/mol. The highest BCUT2D eigenvalue weighted by Gasteiger charge is 2.67. The van der Waals surface area contributed by atoms with E-state index in [1.54, 1.807) is 43.1 Å². The number of hydrogen-bond acceptors (Lipinski definition) is 6. The minimum Gasteiger partial charge on any atom is -0.368 e. The fraction of sp³-hybridized carbons (Fsp3) is 0.333. The van der Waals surface area contributed by atoms with Crippen LogP contribution in [0.2, 0.25) is 5.02 Å². The Morgan fingerprint density at radius 3 is 2.38 bits per heavy atom. The molecule has 288 valence electrons. The standard InChI is InChI=1S/C36H31ClF6N8O3S/c1-48-8-7-24-25(48)14-19(18-5-6-23(37)27-30(18)49(2)47-35(27)50(3)55(4,53)54)28(45-24)21(11-15-9-16(38)12-17(39)10-15)31(34(44)52)51-32-26(29(46-51)33(40)41)20-13-22(20)36(32,42)43/h5-10,12,14,20-22,31,33H,11,13H2,1-4H3,(H2,44,52)/t20-,21+,22+,31?/m0/s1. The van der Waals surface area contributed by atoms with E-state index in [0.717, 1.165) is 22.7 Å². The van der Waals surface area contributed by atoms with Crippen molar-refractivity contribution in [1.82, 2.24) is 29.1 Å². The zero-order valence-electron chi connectivity index (χ0n) is 29.4. The third-order valence-corrected chi connectivity index (χ3v) is 12.2. The fourth-order valence-corrected chi connectivity index (χ4v) is 8.77. The number of benzene rings is 2. The normalized spacial score (nSPS) is 18.5. The van der Waals surface area contributed by atoms with E-state index in [9.17, 15) is 30.8 Å². The van der Waals surface area contributed by atoms with Crippen LogP contribution in [0.1, 0.15) is 58.9 Å². The Kier molecular flexibility index (Phi) is 8.35. The number of alkyl halides is 4. The summed E-state index contributed by atoms with van der Waals surface area (Å²) in [6, 6.07) is 7.08. The van der Waals surface area contributed by atoms with Crippen LogP contribution in [0.15, 0.2) is 48.7 Å². The number of halogens is 7. The first-order chi connectivity index (χ1) is 25.8. The van der Waals surface area contributed by atoms with Gasteiger partial charge < -0.3 is 10.3 Å². The summed E-state index contributed by atoms with van der Waals surface area (Å²) in [5.41, 5.74) is 5.71. The predicted molar refractivity (Wildman–Crippen MR) is 192 cm³/mol. The Hall–Kier alpha value is -5.10. The number of sulfonamides is 1. The number of carbonyl (C=O) groups is 1. The van der Waals surface area contributed by atoms with Crippen LogP contribution in [-0.2, 0) is 41.3 Å². The molecule has 4 aromatic heterocycles. The largest absolute Gasteiger partial charge is 0.368 e. The van der Waals surface area contributed by atoms with Gasteiger partial charge in [0.25, 0.3) is 12.3 Å². The third-order valence-electron chi connectivity index (χ3n) is 10.7. The molecule has 4 atom stereocenters. The van der Waals surface area contributed by atoms with Gasteiger partial charge in [-0.15, -0.1) is 0 Å². The van der Waals surface area contributed by atoms with E-state index < -0.39 is 81.5 Å². The van der Waals surface area contributed by atoms with Crippen LogP contribution in [0.4, 0.5) is 32.2 Å². The van der Waals surface area contributed by atoms with Gasteiger partial charge in [-0.25, -0.2) is 30.7 Å². The number of primary amides is 1. The van der Waals surface area contributed by atoms with Crippen molar-refractivity contribution in [2.24, 2.45) is 25.7 Å². The maximum atomic E-state index is 16.1. The molecule has 11 nitrogen and oxygen atoms in total. The molecule has 1 unspecified atom stereocenters. The molecule has 4 heterocycles. The lowest BCUT2D eigenvalue weighted by molar-refractivity contribution is -0.122. The Labute approximate surface area is 314 Å². The van der Waals surface area contributed by atoms with Gasteiger partial charge in [0.15, 0.2) is 5.82 Å². The molecule has 2 aromatic carbocycles. The Balaban J connectivity index is 1.45. The average molecular weight is 805 g/mol. The molecule has 0 radical (unpaired) electrons. The van der Waals surface area contributed by atoms with Gasteiger partial charge in [-0.2, -0.15) is 19.0 Å². The first kappa shape index (κ1) is 36.9. The van der Waals surface area contributed by atoms with Crippen molar-refractivity contribution >= 4 is 55.3 Å². The molecule has 0 aliphatic heterocycles. The summed E-state index contributed by atoms with van der Waals surface area (Å²) in [6.07, 6.45) is -1.09. The number of aromatic nitrogens is 6. The zero-order chi connectivity index (χ0) is 39.6. The number of aryl methyl sites for hydroxylation is 2. The van der Waals surface area contributed by atoms with E-state index in [-0.39, 0.29) is 45.0 Å². The molecule has 0 bridgehead atoms. The van der Waals surface area contributed by atoms with Crippen LogP contribution in [0, 0.1) is 17.6 Å². The van der Waals surface area contributed by atoms with Gasteiger partial charge in [-0.3, -0.25) is 18.8 Å². The molecule has 55 heavy (non-hydrogen) atoms. The average Bonchev–Trinajstić information content (AvgIpc) is 3.37. The molecular formula is C36H31ClF6N8O3S. The van der Waals surface area contributed by atoms with Crippen molar-refractivity contribution in [3.05, 3.63) is 93.5 Å². The molecule has 2 aliphatic rings. The summed E-state index contributed by atoms with van der Waals surface area (Å²) >= 11 is 6.70. The molecule has 19 heteroatoms. The van der Waals surface area contributed by atoms with Crippen molar-refractivity contribution in [1.29, 1.82) is 0 Å². The summed E-state index contributed by atoms with van der Waals surface area (Å²) < 4.78 is 121. The van der Waals surface area contributed by atoms with Crippen molar-refractivity contribution in [3.63, 3.8) is 0 Å². The molecular weight excluding hydrogens is 774 g/mol. The topological polar surface area (TPSA) is 134 Å². The third kappa shape index (κ3) is 5.74. The fourth-order valence-electron chi connectivity index (χ4n) is 8.10. The maximum Gasteiger partial charge on any atom is 0.293 e. The minimum absolute atomic E-state index is 0.00401. The number of anilines is 1. The second-order valence-corrected chi connectivity index (χ2v) is 16.6. The number of carbonyl (C=O) groups excluding carboxylic acids is 1. The molecule has 0 spiro atoms. The lowest BCUT2D eigenvalue weighted by atomic mass is 9.84. The Morgan fingerprint density at radius 1 is 1.05 bits per heavy atom. The lowest BCUT2D eigenvalue weighted by Crippen LogP contribution is -2.37. The SMILES string of the molecule is CN(c1nn(C)c2c(-c3cc4c(ccn4C)nc3[C@@H](Cc3cc(F)cc(F)c3)C(C(N)=O)n3nc(C(F)F)c4c3C(F)(F)[C@@H]3C[C@H]43)ccc(Cl)c12)S(C)(=O)=O. The van der Waals surface area contributed by atoms with E-state index in [2.05, 4.69) is 10.2 Å². The van der Waals surface area contributed by atoms with Gasteiger partial charge in [0.2, 0.25) is 15.9 Å². The second-order valence-electron chi connectivity index (χ2n) is 14.1. The number of pyridine rings is 1. The summed E-state index contributed by atoms with van der Waals surface area (Å²) in [4.78, 5) is 18.7. The van der Waals surface area contributed by atoms with Crippen molar-refractivity contribution in [2.45, 2.75) is 43.1 Å². The van der Waals surface area contributed by atoms with Crippen LogP contribution in [0.25, 0.3) is 33.1 Å². The number of hydrogen-bond donors (Lipinski definition) is 1. The maximum absolute atomic E-state index is 16.1. The summed E-state index contributed by atoms with van der Waals surface area (Å²) in [6.45, 7) is 0. The Bertz CT molecular complexity index is 2690. The summed E-state index contributed by atoms with van der Waals surface area (Å²) in [5, 5.41) is 8.75. The number of rotatable bonds is 10. The first-order valence-electron chi connectivity index (χ1n) is 16.9. The minimum atomic E-state index is -3.84. The van der Waals surface area contributed by atoms with E-state index in [1.807, 2.05) is 0 Å². The molecule has 0 saturated heterocycles. The quantitative estimate of drug-likeness (QED) is 0.151. The molecule has 2 aliphatic carbocycles. The van der Waals surface area contributed by atoms with Crippen LogP contribution < -0.4 is 10.0 Å². The van der Waals surface area contributed by atoms with E-state index in [1.165, 1.54) is 17.8 Å². The van der Waals surface area contributed by atoms with Crippen molar-refractivity contribution in [3.8, 4) is 11.1 Å². The number of amides is 1. The van der Waals surface area contributed by atoms with Gasteiger partial charge in [0.05, 0.1) is 38.9 Å². The molecule has 8 rings (SSSR count). The van der Waals surface area contributed by atoms with Gasteiger partial charge in [-0.05, 0) is 54.7 Å². The molecule has 1 fully saturated rings. The van der Waals surface area contributed by atoms with Gasteiger partial charge in [0.1, 0.15) is 29.1 Å². The summed E-state index contributed by atoms with van der Waals surface area (Å²) in [5.74, 6) is -10.5. The van der Waals surface area contributed by atoms with Gasteiger partial charge in [-0.1, -0.05) is 17.7 Å². The highest BCUT2D eigenvalue weighted by Crippen LogP contribution is 2.68. The van der Waals surface area contributed by atoms with Crippen molar-refractivity contribution < 1.29 is 39.6 Å². The molecule has 6 aromatic rings. The van der Waals surface area contributed by atoms with Crippen LogP contribution in [-0.4, -0.2) is 56.7 Å². The van der Waals surface area contributed by atoms with Gasteiger partial charge >= 0.3 is 0 Å². The number of nitrogens with zero attached hydrogens (tertiary/aromatic N) is 7. The van der Waals surface area contributed by atoms with E-state index in [0.29, 0.717) is 32.9 Å². The second kappa shape index (κ2) is 12.5. The Morgan fingerprint density at radius 2 is 1.75 bits per heavy atom. The molecule has 1 amide bonds. The lowest BCUT2D eigenvalue weighted by Gasteiger charge is -2.29. The van der Waals surface area contributed by atoms with E-state index in [4.69, 9.17) is 22.3 Å².